The molecule has 102 valence electrons. The SMILES string of the molecule is CCC[C@H](C)N(C)C(=O)c1n[nH]c2ccc(N)cc12. The van der Waals surface area contributed by atoms with Crippen LogP contribution in [0.5, 0.6) is 0 Å². The summed E-state index contributed by atoms with van der Waals surface area (Å²) in [6.45, 7) is 4.16. The van der Waals surface area contributed by atoms with Crippen LogP contribution in [0.3, 0.4) is 0 Å². The Morgan fingerprint density at radius 2 is 2.26 bits per heavy atom. The summed E-state index contributed by atoms with van der Waals surface area (Å²) >= 11 is 0. The van der Waals surface area contributed by atoms with E-state index < -0.39 is 0 Å². The minimum atomic E-state index is -0.0715. The van der Waals surface area contributed by atoms with Crippen molar-refractivity contribution in [3.8, 4) is 0 Å². The Hall–Kier alpha value is -2.04. The van der Waals surface area contributed by atoms with Gasteiger partial charge in [0.25, 0.3) is 5.91 Å². The number of nitrogens with zero attached hydrogens (tertiary/aromatic N) is 2. The lowest BCUT2D eigenvalue weighted by Gasteiger charge is -2.23. The number of amides is 1. The summed E-state index contributed by atoms with van der Waals surface area (Å²) in [5.41, 5.74) is 7.67. The van der Waals surface area contributed by atoms with Gasteiger partial charge in [0.15, 0.2) is 5.69 Å². The highest BCUT2D eigenvalue weighted by molar-refractivity contribution is 6.05. The Morgan fingerprint density at radius 3 is 2.95 bits per heavy atom. The first kappa shape index (κ1) is 13.4. The van der Waals surface area contributed by atoms with Crippen LogP contribution in [0.25, 0.3) is 10.9 Å². The third-order valence-corrected chi connectivity index (χ3v) is 3.48. The highest BCUT2D eigenvalue weighted by atomic mass is 16.2. The highest BCUT2D eigenvalue weighted by Crippen LogP contribution is 2.20. The summed E-state index contributed by atoms with van der Waals surface area (Å²) in [7, 11) is 1.81. The molecule has 5 heteroatoms. The number of H-pyrrole nitrogens is 1. The van der Waals surface area contributed by atoms with Gasteiger partial charge in [0.05, 0.1) is 5.52 Å². The molecule has 0 aliphatic carbocycles. The van der Waals surface area contributed by atoms with E-state index in [4.69, 9.17) is 5.73 Å². The number of rotatable bonds is 4. The molecule has 1 aromatic carbocycles. The maximum absolute atomic E-state index is 12.4. The van der Waals surface area contributed by atoms with Crippen molar-refractivity contribution in [2.24, 2.45) is 0 Å². The fraction of sp³-hybridized carbons (Fsp3) is 0.429. The summed E-state index contributed by atoms with van der Waals surface area (Å²) in [5.74, 6) is -0.0715. The Balaban J connectivity index is 2.33. The van der Waals surface area contributed by atoms with Gasteiger partial charge in [0.2, 0.25) is 0 Å². The molecule has 19 heavy (non-hydrogen) atoms. The fourth-order valence-electron chi connectivity index (χ4n) is 2.17. The van der Waals surface area contributed by atoms with Crippen molar-refractivity contribution in [1.82, 2.24) is 15.1 Å². The molecular formula is C14H20N4O. The molecule has 2 aromatic rings. The number of nitrogen functional groups attached to an aromatic ring is 1. The van der Waals surface area contributed by atoms with Crippen molar-refractivity contribution in [2.45, 2.75) is 32.7 Å². The first-order valence-electron chi connectivity index (χ1n) is 6.55. The zero-order chi connectivity index (χ0) is 14.0. The summed E-state index contributed by atoms with van der Waals surface area (Å²) in [5, 5.41) is 7.78. The predicted molar refractivity (Wildman–Crippen MR) is 77.0 cm³/mol. The predicted octanol–water partition coefficient (Wildman–Crippen LogP) is 2.41. The lowest BCUT2D eigenvalue weighted by Crippen LogP contribution is -2.35. The smallest absolute Gasteiger partial charge is 0.274 e. The molecule has 1 heterocycles. The van der Waals surface area contributed by atoms with E-state index in [0.717, 1.165) is 23.7 Å². The molecule has 0 saturated carbocycles. The van der Waals surface area contributed by atoms with E-state index >= 15 is 0 Å². The quantitative estimate of drug-likeness (QED) is 0.829. The van der Waals surface area contributed by atoms with Gasteiger partial charge in [-0.2, -0.15) is 5.10 Å². The number of fused-ring (bicyclic) bond motifs is 1. The van der Waals surface area contributed by atoms with Crippen LogP contribution in [-0.4, -0.2) is 34.1 Å². The van der Waals surface area contributed by atoms with Crippen LogP contribution in [0.15, 0.2) is 18.2 Å². The third-order valence-electron chi connectivity index (χ3n) is 3.48. The number of aromatic nitrogens is 2. The maximum atomic E-state index is 12.4. The van der Waals surface area contributed by atoms with Crippen LogP contribution in [-0.2, 0) is 0 Å². The molecule has 1 atom stereocenters. The van der Waals surface area contributed by atoms with Crippen molar-refractivity contribution in [3.63, 3.8) is 0 Å². The Bertz CT molecular complexity index is 590. The zero-order valence-corrected chi connectivity index (χ0v) is 11.6. The lowest BCUT2D eigenvalue weighted by atomic mass is 10.1. The molecular weight excluding hydrogens is 240 g/mol. The number of anilines is 1. The minimum absolute atomic E-state index is 0.0715. The topological polar surface area (TPSA) is 75.0 Å². The van der Waals surface area contributed by atoms with E-state index in [1.807, 2.05) is 20.0 Å². The number of hydrogen-bond donors (Lipinski definition) is 2. The Kier molecular flexibility index (Phi) is 3.74. The maximum Gasteiger partial charge on any atom is 0.274 e. The van der Waals surface area contributed by atoms with E-state index in [2.05, 4.69) is 17.1 Å². The summed E-state index contributed by atoms with van der Waals surface area (Å²) < 4.78 is 0. The summed E-state index contributed by atoms with van der Waals surface area (Å²) in [6, 6.07) is 5.61. The number of carbonyl (C=O) groups excluding carboxylic acids is 1. The Morgan fingerprint density at radius 1 is 1.53 bits per heavy atom. The van der Waals surface area contributed by atoms with Gasteiger partial charge in [0, 0.05) is 24.2 Å². The van der Waals surface area contributed by atoms with E-state index in [1.54, 1.807) is 17.0 Å². The van der Waals surface area contributed by atoms with Gasteiger partial charge >= 0.3 is 0 Å². The van der Waals surface area contributed by atoms with Crippen LogP contribution < -0.4 is 5.73 Å². The van der Waals surface area contributed by atoms with Gasteiger partial charge in [0.1, 0.15) is 0 Å². The summed E-state index contributed by atoms with van der Waals surface area (Å²) in [4.78, 5) is 14.2. The lowest BCUT2D eigenvalue weighted by molar-refractivity contribution is 0.0732. The second-order valence-corrected chi connectivity index (χ2v) is 4.93. The molecule has 0 aliphatic rings. The van der Waals surface area contributed by atoms with E-state index in [0.29, 0.717) is 11.4 Å². The van der Waals surface area contributed by atoms with Crippen LogP contribution in [0.1, 0.15) is 37.2 Å². The monoisotopic (exact) mass is 260 g/mol. The average molecular weight is 260 g/mol. The number of aromatic amines is 1. The molecule has 1 aromatic heterocycles. The van der Waals surface area contributed by atoms with Crippen LogP contribution >= 0.6 is 0 Å². The normalized spacial score (nSPS) is 12.6. The Labute approximate surface area is 112 Å². The number of benzene rings is 1. The number of nitrogens with one attached hydrogen (secondary N) is 1. The molecule has 0 spiro atoms. The van der Waals surface area contributed by atoms with Gasteiger partial charge in [-0.05, 0) is 31.5 Å². The molecule has 5 nitrogen and oxygen atoms in total. The molecule has 2 rings (SSSR count). The molecule has 3 N–H and O–H groups in total. The first-order valence-corrected chi connectivity index (χ1v) is 6.55. The molecule has 0 radical (unpaired) electrons. The second-order valence-electron chi connectivity index (χ2n) is 4.93. The molecule has 1 amide bonds. The van der Waals surface area contributed by atoms with Crippen molar-refractivity contribution >= 4 is 22.5 Å². The van der Waals surface area contributed by atoms with Crippen LogP contribution in [0.2, 0.25) is 0 Å². The van der Waals surface area contributed by atoms with Gasteiger partial charge in [-0.3, -0.25) is 9.89 Å². The van der Waals surface area contributed by atoms with Gasteiger partial charge < -0.3 is 10.6 Å². The van der Waals surface area contributed by atoms with E-state index in [-0.39, 0.29) is 11.9 Å². The minimum Gasteiger partial charge on any atom is -0.399 e. The van der Waals surface area contributed by atoms with Crippen LogP contribution in [0.4, 0.5) is 5.69 Å². The third kappa shape index (κ3) is 2.54. The number of nitrogens with two attached hydrogens (primary N) is 1. The fourth-order valence-corrected chi connectivity index (χ4v) is 2.17. The highest BCUT2D eigenvalue weighted by Gasteiger charge is 2.21. The second kappa shape index (κ2) is 5.30. The van der Waals surface area contributed by atoms with Crippen molar-refractivity contribution in [3.05, 3.63) is 23.9 Å². The van der Waals surface area contributed by atoms with E-state index in [1.165, 1.54) is 0 Å². The largest absolute Gasteiger partial charge is 0.399 e. The number of hydrogen-bond acceptors (Lipinski definition) is 3. The van der Waals surface area contributed by atoms with Crippen molar-refractivity contribution in [2.75, 3.05) is 12.8 Å². The standard InChI is InChI=1S/C14H20N4O/c1-4-5-9(2)18(3)14(19)13-11-8-10(15)6-7-12(11)16-17-13/h6-9H,4-5,15H2,1-3H3,(H,16,17)/t9-/m0/s1. The average Bonchev–Trinajstić information content (AvgIpc) is 2.80. The first-order chi connectivity index (χ1) is 9.04. The number of carbonyl (C=O) groups is 1. The van der Waals surface area contributed by atoms with Crippen molar-refractivity contribution in [1.29, 1.82) is 0 Å². The zero-order valence-electron chi connectivity index (χ0n) is 11.6. The molecule has 0 aliphatic heterocycles. The van der Waals surface area contributed by atoms with E-state index in [9.17, 15) is 4.79 Å². The van der Waals surface area contributed by atoms with Gasteiger partial charge in [-0.15, -0.1) is 0 Å². The van der Waals surface area contributed by atoms with Gasteiger partial charge in [-0.25, -0.2) is 0 Å². The molecule has 0 bridgehead atoms. The summed E-state index contributed by atoms with van der Waals surface area (Å²) in [6.07, 6.45) is 2.03. The molecule has 0 fully saturated rings. The molecule has 0 unspecified atom stereocenters. The van der Waals surface area contributed by atoms with Gasteiger partial charge in [-0.1, -0.05) is 13.3 Å². The van der Waals surface area contributed by atoms with Crippen molar-refractivity contribution < 1.29 is 4.79 Å². The van der Waals surface area contributed by atoms with Crippen LogP contribution in [0, 0.1) is 0 Å². The molecule has 0 saturated heterocycles.